The Hall–Kier alpha value is -4.85. The zero-order valence-electron chi connectivity index (χ0n) is 27.9. The number of aliphatic carboxylic acids is 1. The smallest absolute Gasteiger partial charge is 0.325 e. The standard InChI is InChI=1S/C40H45N3O5/c1-3-4-5-6-7-22-48-36-20-18-31(19-21-36)35-25-41-38(42-26-35)33-10-8-28(9-11-33)23-34(39(45)43-27(2)40(46)47)24-37(44)32-16-14-30(15-17-32)29-12-13-29/h8-11,14-21,25-27,29,34H,3-7,12-13,22-24H2,1-2H3,(H,43,45)(H,46,47)/t27-,34-/m1/s1. The third-order valence-corrected chi connectivity index (χ3v) is 8.86. The van der Waals surface area contributed by atoms with E-state index >= 15 is 0 Å². The van der Waals surface area contributed by atoms with E-state index in [0.29, 0.717) is 17.3 Å². The van der Waals surface area contributed by atoms with Crippen LogP contribution in [-0.2, 0) is 16.0 Å². The fourth-order valence-electron chi connectivity index (χ4n) is 5.69. The van der Waals surface area contributed by atoms with Crippen molar-refractivity contribution in [1.82, 2.24) is 15.3 Å². The number of carboxylic acid groups (broad SMARTS) is 1. The number of unbranched alkanes of at least 4 members (excludes halogenated alkanes) is 4. The van der Waals surface area contributed by atoms with Crippen molar-refractivity contribution in [3.8, 4) is 28.3 Å². The molecule has 4 aromatic rings. The minimum atomic E-state index is -1.13. The number of carbonyl (C=O) groups excluding carboxylic acids is 2. The van der Waals surface area contributed by atoms with Crippen LogP contribution in [0.15, 0.2) is 85.2 Å². The summed E-state index contributed by atoms with van der Waals surface area (Å²) >= 11 is 0. The molecule has 1 fully saturated rings. The van der Waals surface area contributed by atoms with E-state index in [2.05, 4.69) is 22.2 Å². The molecule has 0 aliphatic heterocycles. The summed E-state index contributed by atoms with van der Waals surface area (Å²) in [6, 6.07) is 22.1. The van der Waals surface area contributed by atoms with E-state index in [0.717, 1.165) is 41.0 Å². The normalized spacial score (nSPS) is 13.8. The molecule has 0 saturated heterocycles. The Bertz CT molecular complexity index is 1650. The van der Waals surface area contributed by atoms with Crippen LogP contribution in [-0.4, -0.2) is 45.4 Å². The van der Waals surface area contributed by atoms with Crippen LogP contribution >= 0.6 is 0 Å². The second-order valence-electron chi connectivity index (χ2n) is 12.8. The van der Waals surface area contributed by atoms with Gasteiger partial charge in [0.1, 0.15) is 11.8 Å². The lowest BCUT2D eigenvalue weighted by Crippen LogP contribution is -2.42. The number of benzene rings is 3. The SMILES string of the molecule is CCCCCCCOc1ccc(-c2cnc(-c3ccc(C[C@H](CC(=O)c4ccc(C5CC5)cc4)C(=O)N[C@H](C)C(=O)O)cc3)nc2)cc1. The van der Waals surface area contributed by atoms with Crippen LogP contribution in [0, 0.1) is 5.92 Å². The minimum Gasteiger partial charge on any atom is -0.494 e. The summed E-state index contributed by atoms with van der Waals surface area (Å²) in [5.74, 6) is -0.454. The predicted molar refractivity (Wildman–Crippen MR) is 187 cm³/mol. The molecule has 250 valence electrons. The molecule has 48 heavy (non-hydrogen) atoms. The van der Waals surface area contributed by atoms with E-state index in [-0.39, 0.29) is 18.6 Å². The Morgan fingerprint density at radius 3 is 2.10 bits per heavy atom. The van der Waals surface area contributed by atoms with E-state index in [1.165, 1.54) is 51.0 Å². The van der Waals surface area contributed by atoms with E-state index in [4.69, 9.17) is 4.74 Å². The number of ketones is 1. The number of hydrogen-bond acceptors (Lipinski definition) is 6. The van der Waals surface area contributed by atoms with Crippen molar-refractivity contribution in [3.05, 3.63) is 102 Å². The van der Waals surface area contributed by atoms with Crippen LogP contribution in [0.25, 0.3) is 22.5 Å². The Morgan fingerprint density at radius 2 is 1.48 bits per heavy atom. The third-order valence-electron chi connectivity index (χ3n) is 8.86. The summed E-state index contributed by atoms with van der Waals surface area (Å²) < 4.78 is 5.89. The van der Waals surface area contributed by atoms with Gasteiger partial charge < -0.3 is 15.2 Å². The Labute approximate surface area is 283 Å². The molecule has 1 saturated carbocycles. The van der Waals surface area contributed by atoms with E-state index in [9.17, 15) is 19.5 Å². The van der Waals surface area contributed by atoms with E-state index in [1.54, 1.807) is 12.4 Å². The van der Waals surface area contributed by atoms with Gasteiger partial charge >= 0.3 is 5.97 Å². The highest BCUT2D eigenvalue weighted by Crippen LogP contribution is 2.40. The molecule has 3 aromatic carbocycles. The molecule has 1 aromatic heterocycles. The van der Waals surface area contributed by atoms with Gasteiger partial charge in [0, 0.05) is 41.4 Å². The van der Waals surface area contributed by atoms with Crippen LogP contribution in [0.1, 0.15) is 92.6 Å². The lowest BCUT2D eigenvalue weighted by atomic mass is 9.90. The van der Waals surface area contributed by atoms with Gasteiger partial charge in [0.2, 0.25) is 5.91 Å². The maximum Gasteiger partial charge on any atom is 0.325 e. The Morgan fingerprint density at radius 1 is 0.833 bits per heavy atom. The molecule has 1 aliphatic rings. The van der Waals surface area contributed by atoms with Gasteiger partial charge in [-0.3, -0.25) is 14.4 Å². The first-order valence-corrected chi connectivity index (χ1v) is 17.1. The number of Topliss-reactive ketones (excluding diaryl/α,β-unsaturated/α-hetero) is 1. The molecular formula is C40H45N3O5. The molecule has 1 heterocycles. The second kappa shape index (κ2) is 16.8. The largest absolute Gasteiger partial charge is 0.494 e. The number of carbonyl (C=O) groups is 3. The van der Waals surface area contributed by atoms with Crippen molar-refractivity contribution >= 4 is 17.7 Å². The summed E-state index contributed by atoms with van der Waals surface area (Å²) in [4.78, 5) is 47.0. The van der Waals surface area contributed by atoms with Crippen LogP contribution in [0.2, 0.25) is 0 Å². The fraction of sp³-hybridized carbons (Fsp3) is 0.375. The number of hydrogen-bond donors (Lipinski definition) is 2. The Balaban J connectivity index is 1.20. The highest BCUT2D eigenvalue weighted by atomic mass is 16.5. The van der Waals surface area contributed by atoms with Crippen LogP contribution < -0.4 is 10.1 Å². The van der Waals surface area contributed by atoms with Crippen molar-refractivity contribution in [3.63, 3.8) is 0 Å². The van der Waals surface area contributed by atoms with E-state index in [1.807, 2.05) is 72.8 Å². The topological polar surface area (TPSA) is 118 Å². The highest BCUT2D eigenvalue weighted by molar-refractivity contribution is 5.99. The monoisotopic (exact) mass is 647 g/mol. The van der Waals surface area contributed by atoms with Gasteiger partial charge in [0.05, 0.1) is 6.61 Å². The van der Waals surface area contributed by atoms with Crippen molar-refractivity contribution < 1.29 is 24.2 Å². The molecular weight excluding hydrogens is 602 g/mol. The summed E-state index contributed by atoms with van der Waals surface area (Å²) in [5.41, 5.74) is 5.36. The van der Waals surface area contributed by atoms with Gasteiger partial charge in [0.25, 0.3) is 0 Å². The number of rotatable bonds is 18. The number of amides is 1. The lowest BCUT2D eigenvalue weighted by molar-refractivity contribution is -0.141. The lowest BCUT2D eigenvalue weighted by Gasteiger charge is -2.18. The number of nitrogens with one attached hydrogen (secondary N) is 1. The molecule has 2 N–H and O–H groups in total. The maximum absolute atomic E-state index is 13.2. The number of ether oxygens (including phenoxy) is 1. The predicted octanol–water partition coefficient (Wildman–Crippen LogP) is 8.06. The zero-order chi connectivity index (χ0) is 33.9. The van der Waals surface area contributed by atoms with Crippen LogP contribution in [0.4, 0.5) is 0 Å². The molecule has 5 rings (SSSR count). The van der Waals surface area contributed by atoms with Gasteiger partial charge in [0.15, 0.2) is 11.6 Å². The first kappa shape index (κ1) is 34.5. The number of nitrogens with zero attached hydrogens (tertiary/aromatic N) is 2. The molecule has 0 radical (unpaired) electrons. The third kappa shape index (κ3) is 9.83. The van der Waals surface area contributed by atoms with Gasteiger partial charge in [-0.15, -0.1) is 0 Å². The van der Waals surface area contributed by atoms with Crippen molar-refractivity contribution in [2.75, 3.05) is 6.61 Å². The van der Waals surface area contributed by atoms with Crippen molar-refractivity contribution in [1.29, 1.82) is 0 Å². The average Bonchev–Trinajstić information content (AvgIpc) is 3.96. The molecule has 8 heteroatoms. The molecule has 0 spiro atoms. The van der Waals surface area contributed by atoms with Gasteiger partial charge in [-0.25, -0.2) is 9.97 Å². The first-order valence-electron chi connectivity index (χ1n) is 17.1. The second-order valence-corrected chi connectivity index (χ2v) is 12.8. The zero-order valence-corrected chi connectivity index (χ0v) is 27.9. The maximum atomic E-state index is 13.2. The summed E-state index contributed by atoms with van der Waals surface area (Å²) in [7, 11) is 0. The Kier molecular flexibility index (Phi) is 12.1. The number of aromatic nitrogens is 2. The van der Waals surface area contributed by atoms with E-state index < -0.39 is 23.8 Å². The minimum absolute atomic E-state index is 0.0283. The van der Waals surface area contributed by atoms with Gasteiger partial charge in [-0.2, -0.15) is 0 Å². The quantitative estimate of drug-likeness (QED) is 0.0828. The van der Waals surface area contributed by atoms with Crippen LogP contribution in [0.3, 0.4) is 0 Å². The summed E-state index contributed by atoms with van der Waals surface area (Å²) in [5, 5.41) is 11.9. The van der Waals surface area contributed by atoms with Gasteiger partial charge in [-0.1, -0.05) is 93.3 Å². The highest BCUT2D eigenvalue weighted by Gasteiger charge is 2.27. The van der Waals surface area contributed by atoms with Crippen LogP contribution in [0.5, 0.6) is 5.75 Å². The first-order chi connectivity index (χ1) is 23.3. The molecule has 1 aliphatic carbocycles. The average molecular weight is 648 g/mol. The fourth-order valence-corrected chi connectivity index (χ4v) is 5.69. The molecule has 2 atom stereocenters. The summed E-state index contributed by atoms with van der Waals surface area (Å²) in [6.07, 6.45) is 12.2. The van der Waals surface area contributed by atoms with Gasteiger partial charge in [-0.05, 0) is 67.3 Å². The van der Waals surface area contributed by atoms with Crippen molar-refractivity contribution in [2.24, 2.45) is 5.92 Å². The van der Waals surface area contributed by atoms with Crippen molar-refractivity contribution in [2.45, 2.75) is 83.6 Å². The molecule has 8 nitrogen and oxygen atoms in total. The number of carboxylic acids is 1. The summed E-state index contributed by atoms with van der Waals surface area (Å²) in [6.45, 7) is 4.35. The molecule has 1 amide bonds. The molecule has 0 unspecified atom stereocenters. The molecule has 0 bridgehead atoms.